The Bertz CT molecular complexity index is 1290. The number of hydrogen-bond acceptors (Lipinski definition) is 4. The molecule has 4 rings (SSSR count). The van der Waals surface area contributed by atoms with Gasteiger partial charge < -0.3 is 14.5 Å². The molecule has 3 aromatic carbocycles. The summed E-state index contributed by atoms with van der Waals surface area (Å²) in [6, 6.07) is 20.6. The Hall–Kier alpha value is -3.93. The normalized spacial score (nSPS) is 11.5. The van der Waals surface area contributed by atoms with Gasteiger partial charge in [-0.2, -0.15) is 0 Å². The molecule has 1 heterocycles. The van der Waals surface area contributed by atoms with Gasteiger partial charge in [-0.3, -0.25) is 4.79 Å². The Morgan fingerprint density at radius 1 is 1.03 bits per heavy atom. The van der Waals surface area contributed by atoms with Crippen LogP contribution in [0.4, 0.5) is 15.8 Å². The molecule has 0 spiro atoms. The minimum absolute atomic E-state index is 0.105. The molecule has 0 aliphatic carbocycles. The van der Waals surface area contributed by atoms with Crippen LogP contribution < -0.4 is 15.6 Å². The van der Waals surface area contributed by atoms with E-state index in [1.54, 1.807) is 62.6 Å². The van der Waals surface area contributed by atoms with Gasteiger partial charge in [0.2, 0.25) is 5.55 Å². The lowest BCUT2D eigenvalue weighted by Crippen LogP contribution is -2.21. The first-order chi connectivity index (χ1) is 14.5. The smallest absolute Gasteiger partial charge is 0.261 e. The SMILES string of the molecule is COc1ccc(NC(=O)c2cc3ccccc3oc2=Nc2cccc(F)c2C)cc1. The van der Waals surface area contributed by atoms with Crippen molar-refractivity contribution >= 4 is 28.3 Å². The van der Waals surface area contributed by atoms with Crippen molar-refractivity contribution in [2.75, 3.05) is 12.4 Å². The molecule has 0 atom stereocenters. The van der Waals surface area contributed by atoms with Crippen LogP contribution >= 0.6 is 0 Å². The first-order valence-electron chi connectivity index (χ1n) is 9.33. The average Bonchev–Trinajstić information content (AvgIpc) is 2.77. The van der Waals surface area contributed by atoms with E-state index in [0.29, 0.717) is 28.3 Å². The van der Waals surface area contributed by atoms with E-state index in [1.165, 1.54) is 6.07 Å². The van der Waals surface area contributed by atoms with Crippen LogP contribution in [0.2, 0.25) is 0 Å². The molecular weight excluding hydrogens is 383 g/mol. The van der Waals surface area contributed by atoms with Crippen LogP contribution in [0.3, 0.4) is 0 Å². The summed E-state index contributed by atoms with van der Waals surface area (Å²) in [5.74, 6) is -0.0743. The average molecular weight is 402 g/mol. The summed E-state index contributed by atoms with van der Waals surface area (Å²) in [5.41, 5.74) is 2.30. The number of halogens is 1. The fourth-order valence-corrected chi connectivity index (χ4v) is 3.01. The van der Waals surface area contributed by atoms with E-state index in [0.717, 1.165) is 5.39 Å². The zero-order chi connectivity index (χ0) is 21.1. The van der Waals surface area contributed by atoms with E-state index in [2.05, 4.69) is 10.3 Å². The zero-order valence-electron chi connectivity index (χ0n) is 16.5. The summed E-state index contributed by atoms with van der Waals surface area (Å²) in [6.45, 7) is 1.63. The maximum Gasteiger partial charge on any atom is 0.261 e. The Morgan fingerprint density at radius 2 is 1.80 bits per heavy atom. The first kappa shape index (κ1) is 19.4. The van der Waals surface area contributed by atoms with Crippen molar-refractivity contribution in [3.05, 3.63) is 95.3 Å². The number of benzene rings is 3. The fourth-order valence-electron chi connectivity index (χ4n) is 3.01. The van der Waals surface area contributed by atoms with E-state index in [4.69, 9.17) is 9.15 Å². The predicted octanol–water partition coefficient (Wildman–Crippen LogP) is 5.37. The second-order valence-electron chi connectivity index (χ2n) is 6.68. The predicted molar refractivity (Wildman–Crippen MR) is 114 cm³/mol. The number of para-hydroxylation sites is 1. The molecule has 0 radical (unpaired) electrons. The zero-order valence-corrected chi connectivity index (χ0v) is 16.5. The van der Waals surface area contributed by atoms with Crippen molar-refractivity contribution in [1.82, 2.24) is 0 Å². The number of hydrogen-bond donors (Lipinski definition) is 1. The van der Waals surface area contributed by atoms with Gasteiger partial charge in [0.15, 0.2) is 0 Å². The molecule has 150 valence electrons. The van der Waals surface area contributed by atoms with E-state index < -0.39 is 0 Å². The number of nitrogens with zero attached hydrogens (tertiary/aromatic N) is 1. The summed E-state index contributed by atoms with van der Waals surface area (Å²) in [7, 11) is 1.58. The molecule has 0 saturated carbocycles. The van der Waals surface area contributed by atoms with Gasteiger partial charge >= 0.3 is 0 Å². The standard InChI is InChI=1S/C24H19FN2O3/c1-15-20(25)7-5-8-21(15)27-24-19(14-16-6-3-4-9-22(16)30-24)23(28)26-17-10-12-18(29-2)13-11-17/h3-14H,1-2H3,(H,26,28). The van der Waals surface area contributed by atoms with Crippen LogP contribution in [0.15, 0.2) is 82.2 Å². The van der Waals surface area contributed by atoms with Crippen LogP contribution in [-0.2, 0) is 0 Å². The van der Waals surface area contributed by atoms with Gasteiger partial charge in [0.25, 0.3) is 5.91 Å². The highest BCUT2D eigenvalue weighted by atomic mass is 19.1. The van der Waals surface area contributed by atoms with Crippen LogP contribution in [0, 0.1) is 12.7 Å². The lowest BCUT2D eigenvalue weighted by Gasteiger charge is -2.08. The van der Waals surface area contributed by atoms with Crippen molar-refractivity contribution in [2.24, 2.45) is 4.99 Å². The third-order valence-electron chi connectivity index (χ3n) is 4.71. The first-order valence-corrected chi connectivity index (χ1v) is 9.33. The second-order valence-corrected chi connectivity index (χ2v) is 6.68. The van der Waals surface area contributed by atoms with Gasteiger partial charge in [-0.15, -0.1) is 0 Å². The monoisotopic (exact) mass is 402 g/mol. The molecular formula is C24H19FN2O3. The molecule has 5 nitrogen and oxygen atoms in total. The summed E-state index contributed by atoms with van der Waals surface area (Å²) in [4.78, 5) is 17.5. The van der Waals surface area contributed by atoms with E-state index in [-0.39, 0.29) is 22.8 Å². The number of nitrogens with one attached hydrogen (secondary N) is 1. The van der Waals surface area contributed by atoms with Crippen molar-refractivity contribution in [3.63, 3.8) is 0 Å². The number of rotatable bonds is 4. The third-order valence-corrected chi connectivity index (χ3v) is 4.71. The van der Waals surface area contributed by atoms with Crippen molar-refractivity contribution in [2.45, 2.75) is 6.92 Å². The van der Waals surface area contributed by atoms with Gasteiger partial charge in [-0.1, -0.05) is 24.3 Å². The quantitative estimate of drug-likeness (QED) is 0.499. The molecule has 30 heavy (non-hydrogen) atoms. The molecule has 0 fully saturated rings. The van der Waals surface area contributed by atoms with Gasteiger partial charge in [-0.25, -0.2) is 9.38 Å². The van der Waals surface area contributed by atoms with Crippen molar-refractivity contribution in [1.29, 1.82) is 0 Å². The Labute approximate surface area is 172 Å². The molecule has 0 aliphatic rings. The number of methoxy groups -OCH3 is 1. The number of carbonyl (C=O) groups excluding carboxylic acids is 1. The molecule has 0 saturated heterocycles. The van der Waals surface area contributed by atoms with Crippen molar-refractivity contribution in [3.8, 4) is 5.75 Å². The largest absolute Gasteiger partial charge is 0.497 e. The number of anilines is 1. The van der Waals surface area contributed by atoms with Crippen LogP contribution in [0.1, 0.15) is 15.9 Å². The van der Waals surface area contributed by atoms with Crippen LogP contribution in [0.25, 0.3) is 11.0 Å². The molecule has 1 aromatic heterocycles. The summed E-state index contributed by atoms with van der Waals surface area (Å²) >= 11 is 0. The molecule has 0 unspecified atom stereocenters. The van der Waals surface area contributed by atoms with Gasteiger partial charge in [-0.05, 0) is 55.5 Å². The van der Waals surface area contributed by atoms with Crippen LogP contribution in [-0.4, -0.2) is 13.0 Å². The van der Waals surface area contributed by atoms with Gasteiger partial charge in [0.1, 0.15) is 22.7 Å². The summed E-state index contributed by atoms with van der Waals surface area (Å²) < 4.78 is 25.0. The highest BCUT2D eigenvalue weighted by Gasteiger charge is 2.14. The van der Waals surface area contributed by atoms with Gasteiger partial charge in [0.05, 0.1) is 12.8 Å². The van der Waals surface area contributed by atoms with Gasteiger partial charge in [0, 0.05) is 16.6 Å². The minimum atomic E-state index is -0.387. The summed E-state index contributed by atoms with van der Waals surface area (Å²) in [6.07, 6.45) is 0. The number of amides is 1. The highest BCUT2D eigenvalue weighted by molar-refractivity contribution is 6.05. The molecule has 1 amide bonds. The van der Waals surface area contributed by atoms with E-state index in [1.807, 2.05) is 18.2 Å². The number of ether oxygens (including phenoxy) is 1. The number of carbonyl (C=O) groups is 1. The molecule has 6 heteroatoms. The maximum absolute atomic E-state index is 14.0. The summed E-state index contributed by atoms with van der Waals surface area (Å²) in [5, 5.41) is 3.59. The van der Waals surface area contributed by atoms with Crippen LogP contribution in [0.5, 0.6) is 5.75 Å². The minimum Gasteiger partial charge on any atom is -0.497 e. The lowest BCUT2D eigenvalue weighted by molar-refractivity contribution is 0.102. The third kappa shape index (κ3) is 3.93. The van der Waals surface area contributed by atoms with E-state index in [9.17, 15) is 9.18 Å². The second kappa shape index (κ2) is 8.21. The molecule has 0 bridgehead atoms. The Kier molecular flexibility index (Phi) is 5.30. The Balaban J connectivity index is 1.82. The molecule has 1 N–H and O–H groups in total. The molecule has 4 aromatic rings. The topological polar surface area (TPSA) is 63.8 Å². The van der Waals surface area contributed by atoms with E-state index >= 15 is 0 Å². The maximum atomic E-state index is 14.0. The number of fused-ring (bicyclic) bond motifs is 1. The Morgan fingerprint density at radius 3 is 2.57 bits per heavy atom. The fraction of sp³-hybridized carbons (Fsp3) is 0.0833. The molecule has 0 aliphatic heterocycles. The highest BCUT2D eigenvalue weighted by Crippen LogP contribution is 2.21. The van der Waals surface area contributed by atoms with Crippen molar-refractivity contribution < 1.29 is 18.3 Å². The lowest BCUT2D eigenvalue weighted by atomic mass is 10.1.